The lowest BCUT2D eigenvalue weighted by Crippen LogP contribution is -2.51. The average Bonchev–Trinajstić information content (AvgIpc) is 2.83. The number of methoxy groups -OCH3 is 1. The van der Waals surface area contributed by atoms with Crippen molar-refractivity contribution in [3.05, 3.63) is 12.2 Å². The molecule has 7 heteroatoms. The molecule has 3 saturated heterocycles. The van der Waals surface area contributed by atoms with E-state index >= 15 is 0 Å². The van der Waals surface area contributed by atoms with E-state index in [0.29, 0.717) is 6.61 Å². The van der Waals surface area contributed by atoms with Crippen molar-refractivity contribution in [1.82, 2.24) is 0 Å². The molecule has 0 aromatic heterocycles. The Kier molecular flexibility index (Phi) is 3.61. The van der Waals surface area contributed by atoms with Crippen LogP contribution in [0.4, 0.5) is 0 Å². The number of ether oxygens (including phenoxy) is 6. The van der Waals surface area contributed by atoms with Crippen molar-refractivity contribution in [3.63, 3.8) is 0 Å². The number of fused-ring (bicyclic) bond motifs is 3. The Morgan fingerprint density at radius 3 is 2.55 bits per heavy atom. The van der Waals surface area contributed by atoms with E-state index in [9.17, 15) is 4.79 Å². The Labute approximate surface area is 129 Å². The topological polar surface area (TPSA) is 72.5 Å². The molecule has 3 rings (SSSR count). The van der Waals surface area contributed by atoms with Gasteiger partial charge in [-0.1, -0.05) is 0 Å². The summed E-state index contributed by atoms with van der Waals surface area (Å²) in [7, 11) is 1.31. The van der Waals surface area contributed by atoms with Gasteiger partial charge in [0.25, 0.3) is 0 Å². The van der Waals surface area contributed by atoms with Gasteiger partial charge in [0, 0.05) is 6.08 Å². The second-order valence-electron chi connectivity index (χ2n) is 6.57. The van der Waals surface area contributed by atoms with Gasteiger partial charge in [-0.2, -0.15) is 0 Å². The average molecular weight is 314 g/mol. The number of rotatable bonds is 2. The Morgan fingerprint density at radius 2 is 1.86 bits per heavy atom. The molecular formula is C15H22O7. The van der Waals surface area contributed by atoms with Crippen LogP contribution in [0.25, 0.3) is 0 Å². The second kappa shape index (κ2) is 5.01. The summed E-state index contributed by atoms with van der Waals surface area (Å²) in [5.41, 5.74) is 0. The molecule has 0 bridgehead atoms. The van der Waals surface area contributed by atoms with E-state index in [1.807, 2.05) is 13.8 Å². The molecule has 0 aliphatic carbocycles. The number of hydrogen-bond acceptors (Lipinski definition) is 7. The largest absolute Gasteiger partial charge is 0.466 e. The third-order valence-electron chi connectivity index (χ3n) is 3.88. The minimum absolute atomic E-state index is 0.323. The van der Waals surface area contributed by atoms with Crippen molar-refractivity contribution >= 4 is 5.97 Å². The van der Waals surface area contributed by atoms with Crippen LogP contribution in [0.15, 0.2) is 12.2 Å². The Bertz CT molecular complexity index is 498. The van der Waals surface area contributed by atoms with E-state index in [4.69, 9.17) is 23.7 Å². The van der Waals surface area contributed by atoms with Gasteiger partial charge in [0.1, 0.15) is 18.3 Å². The summed E-state index contributed by atoms with van der Waals surface area (Å²) in [6.07, 6.45) is 1.66. The van der Waals surface area contributed by atoms with E-state index in [2.05, 4.69) is 4.74 Å². The number of esters is 1. The van der Waals surface area contributed by atoms with Gasteiger partial charge in [-0.15, -0.1) is 0 Å². The molecule has 0 aromatic rings. The summed E-state index contributed by atoms with van der Waals surface area (Å²) in [6.45, 7) is 7.64. The fourth-order valence-corrected chi connectivity index (χ4v) is 3.07. The van der Waals surface area contributed by atoms with Crippen LogP contribution in [0.2, 0.25) is 0 Å². The van der Waals surface area contributed by atoms with Crippen molar-refractivity contribution < 1.29 is 33.2 Å². The summed E-state index contributed by atoms with van der Waals surface area (Å²) in [6, 6.07) is 0. The van der Waals surface area contributed by atoms with Crippen LogP contribution in [0.5, 0.6) is 0 Å². The summed E-state index contributed by atoms with van der Waals surface area (Å²) >= 11 is 0. The molecule has 0 radical (unpaired) electrons. The van der Waals surface area contributed by atoms with E-state index in [1.165, 1.54) is 19.3 Å². The van der Waals surface area contributed by atoms with Gasteiger partial charge in [0.05, 0.1) is 13.7 Å². The van der Waals surface area contributed by atoms with Gasteiger partial charge in [0.2, 0.25) is 5.79 Å². The minimum atomic E-state index is -1.18. The summed E-state index contributed by atoms with van der Waals surface area (Å²) in [4.78, 5) is 11.4. The van der Waals surface area contributed by atoms with E-state index in [1.54, 1.807) is 13.8 Å². The fraction of sp³-hybridized carbons (Fsp3) is 0.800. The van der Waals surface area contributed by atoms with Gasteiger partial charge in [-0.05, 0) is 33.8 Å². The first-order chi connectivity index (χ1) is 10.2. The summed E-state index contributed by atoms with van der Waals surface area (Å²) in [5, 5.41) is 0. The van der Waals surface area contributed by atoms with Crippen LogP contribution in [0, 0.1) is 0 Å². The van der Waals surface area contributed by atoms with Crippen molar-refractivity contribution in [3.8, 4) is 0 Å². The van der Waals surface area contributed by atoms with Crippen molar-refractivity contribution in [2.45, 2.75) is 63.4 Å². The van der Waals surface area contributed by atoms with E-state index in [-0.39, 0.29) is 12.2 Å². The molecule has 0 amide bonds. The van der Waals surface area contributed by atoms with Crippen LogP contribution < -0.4 is 0 Å². The maximum atomic E-state index is 11.4. The molecule has 0 unspecified atom stereocenters. The van der Waals surface area contributed by atoms with Crippen LogP contribution in [0.1, 0.15) is 27.7 Å². The van der Waals surface area contributed by atoms with E-state index < -0.39 is 29.4 Å². The van der Waals surface area contributed by atoms with Crippen LogP contribution in [-0.4, -0.2) is 55.4 Å². The van der Waals surface area contributed by atoms with E-state index in [0.717, 1.165) is 0 Å². The maximum Gasteiger partial charge on any atom is 0.330 e. The van der Waals surface area contributed by atoms with Crippen LogP contribution in [0.3, 0.4) is 0 Å². The van der Waals surface area contributed by atoms with Crippen molar-refractivity contribution in [2.24, 2.45) is 0 Å². The zero-order valence-electron chi connectivity index (χ0n) is 13.5. The molecule has 0 saturated carbocycles. The number of carbonyl (C=O) groups is 1. The highest BCUT2D eigenvalue weighted by Gasteiger charge is 2.66. The van der Waals surface area contributed by atoms with Crippen molar-refractivity contribution in [1.29, 1.82) is 0 Å². The quantitative estimate of drug-likeness (QED) is 0.558. The molecule has 7 nitrogen and oxygen atoms in total. The van der Waals surface area contributed by atoms with Gasteiger partial charge in [-0.3, -0.25) is 0 Å². The molecule has 0 aromatic carbocycles. The standard InChI is InChI=1S/C15H22O7/c1-13(2)18-8-9-11(20-13)12-15(19-9,7-6-10(16)17-5)22-14(3,4)21-12/h6-7,9,11-12H,8H2,1-5H3/b7-6+/t9-,11+,12-,15-/m0/s1. The predicted molar refractivity (Wildman–Crippen MR) is 73.7 cm³/mol. The molecule has 0 N–H and O–H groups in total. The molecule has 3 heterocycles. The first-order valence-electron chi connectivity index (χ1n) is 7.31. The van der Waals surface area contributed by atoms with Gasteiger partial charge < -0.3 is 28.4 Å². The highest BCUT2D eigenvalue weighted by molar-refractivity contribution is 5.81. The summed E-state index contributed by atoms with van der Waals surface area (Å²) in [5.74, 6) is -3.24. The molecule has 3 fully saturated rings. The predicted octanol–water partition coefficient (Wildman–Crippen LogP) is 1.11. The zero-order chi connectivity index (χ0) is 16.2. The molecule has 4 atom stereocenters. The van der Waals surface area contributed by atoms with Crippen LogP contribution >= 0.6 is 0 Å². The monoisotopic (exact) mass is 314 g/mol. The first-order valence-corrected chi connectivity index (χ1v) is 7.31. The van der Waals surface area contributed by atoms with Gasteiger partial charge in [-0.25, -0.2) is 4.79 Å². The Morgan fingerprint density at radius 1 is 1.14 bits per heavy atom. The lowest BCUT2D eigenvalue weighted by Gasteiger charge is -2.38. The molecule has 22 heavy (non-hydrogen) atoms. The first kappa shape index (κ1) is 15.9. The number of carbonyl (C=O) groups excluding carboxylic acids is 1. The highest BCUT2D eigenvalue weighted by atomic mass is 16.9. The molecular weight excluding hydrogens is 292 g/mol. The van der Waals surface area contributed by atoms with Gasteiger partial charge >= 0.3 is 5.97 Å². The molecule has 3 aliphatic rings. The number of hydrogen-bond donors (Lipinski definition) is 0. The SMILES string of the molecule is COC(=O)/C=C/[C@@]12O[C@H]3COC(C)(C)O[C@H]3[C@@H]1OC(C)(C)O2. The summed E-state index contributed by atoms with van der Waals surface area (Å²) < 4.78 is 34.1. The third-order valence-corrected chi connectivity index (χ3v) is 3.88. The zero-order valence-corrected chi connectivity index (χ0v) is 13.5. The second-order valence-corrected chi connectivity index (χ2v) is 6.57. The molecule has 0 spiro atoms. The molecule has 3 aliphatic heterocycles. The van der Waals surface area contributed by atoms with Crippen LogP contribution in [-0.2, 0) is 33.2 Å². The highest BCUT2D eigenvalue weighted by Crippen LogP contribution is 2.49. The lowest BCUT2D eigenvalue weighted by atomic mass is 10.0. The molecule has 124 valence electrons. The smallest absolute Gasteiger partial charge is 0.330 e. The Hall–Kier alpha value is -0.990. The third kappa shape index (κ3) is 2.68. The maximum absolute atomic E-state index is 11.4. The van der Waals surface area contributed by atoms with Crippen molar-refractivity contribution in [2.75, 3.05) is 13.7 Å². The lowest BCUT2D eigenvalue weighted by molar-refractivity contribution is -0.323. The van der Waals surface area contributed by atoms with Gasteiger partial charge in [0.15, 0.2) is 11.6 Å². The normalized spacial score (nSPS) is 42.1. The Balaban J connectivity index is 1.90. The minimum Gasteiger partial charge on any atom is -0.466 e. The fourth-order valence-electron chi connectivity index (χ4n) is 3.07.